The van der Waals surface area contributed by atoms with Crippen molar-refractivity contribution in [3.05, 3.63) is 51.2 Å². The molecule has 1 aromatic carbocycles. The predicted molar refractivity (Wildman–Crippen MR) is 117 cm³/mol. The average Bonchev–Trinajstić information content (AvgIpc) is 3.15. The molecule has 0 atom stereocenters. The van der Waals surface area contributed by atoms with Gasteiger partial charge in [0.2, 0.25) is 15.9 Å². The fourth-order valence-electron chi connectivity index (χ4n) is 3.39. The molecule has 2 heterocycles. The van der Waals surface area contributed by atoms with Gasteiger partial charge < -0.3 is 9.80 Å². The van der Waals surface area contributed by atoms with Crippen LogP contribution >= 0.6 is 11.3 Å². The van der Waals surface area contributed by atoms with Crippen molar-refractivity contribution in [2.24, 2.45) is 0 Å². The zero-order chi connectivity index (χ0) is 21.9. The molecule has 0 unspecified atom stereocenters. The number of thiophene rings is 1. The maximum Gasteiger partial charge on any atom is 0.264 e. The van der Waals surface area contributed by atoms with Crippen molar-refractivity contribution in [3.63, 3.8) is 0 Å². The largest absolute Gasteiger partial charge is 0.339 e. The number of hydrogen-bond acceptors (Lipinski definition) is 5. The fourth-order valence-corrected chi connectivity index (χ4v) is 5.58. The normalized spacial score (nSPS) is 14.8. The van der Waals surface area contributed by atoms with Crippen LogP contribution in [0.4, 0.5) is 0 Å². The molecule has 1 aliphatic rings. The van der Waals surface area contributed by atoms with Gasteiger partial charge in [0.25, 0.3) is 5.91 Å². The first kappa shape index (κ1) is 22.5. The third-order valence-electron chi connectivity index (χ3n) is 5.13. The van der Waals surface area contributed by atoms with Crippen molar-refractivity contribution in [3.8, 4) is 0 Å². The van der Waals surface area contributed by atoms with Crippen molar-refractivity contribution in [1.82, 2.24) is 14.5 Å². The molecule has 1 saturated heterocycles. The quantitative estimate of drug-likeness (QED) is 0.733. The van der Waals surface area contributed by atoms with Crippen LogP contribution < -0.4 is 4.72 Å². The first-order chi connectivity index (χ1) is 14.2. The third-order valence-corrected chi connectivity index (χ3v) is 7.73. The van der Waals surface area contributed by atoms with Crippen LogP contribution in [-0.2, 0) is 14.8 Å². The van der Waals surface area contributed by atoms with Gasteiger partial charge in [0.05, 0.1) is 9.77 Å². The Labute approximate surface area is 181 Å². The molecular formula is C21H27N3O4S2. The molecular weight excluding hydrogens is 422 g/mol. The van der Waals surface area contributed by atoms with E-state index in [0.717, 1.165) is 10.4 Å². The van der Waals surface area contributed by atoms with Gasteiger partial charge in [-0.3, -0.25) is 9.59 Å². The SMILES string of the molecule is Cc1ccc(C)c(S(=O)(=O)NCCC(=O)N2CCN(C(=O)c3ccc(C)s3)CC2)c1. The molecule has 2 amide bonds. The van der Waals surface area contributed by atoms with E-state index < -0.39 is 10.0 Å². The Kier molecular flexibility index (Phi) is 6.95. The van der Waals surface area contributed by atoms with Crippen LogP contribution in [0, 0.1) is 20.8 Å². The molecule has 1 fully saturated rings. The van der Waals surface area contributed by atoms with Gasteiger partial charge in [0.1, 0.15) is 0 Å². The van der Waals surface area contributed by atoms with Crippen molar-refractivity contribution < 1.29 is 18.0 Å². The maximum absolute atomic E-state index is 12.5. The van der Waals surface area contributed by atoms with Crippen molar-refractivity contribution in [2.45, 2.75) is 32.1 Å². The summed E-state index contributed by atoms with van der Waals surface area (Å²) in [6, 6.07) is 9.03. The van der Waals surface area contributed by atoms with E-state index in [9.17, 15) is 18.0 Å². The van der Waals surface area contributed by atoms with Gasteiger partial charge >= 0.3 is 0 Å². The minimum atomic E-state index is -3.66. The fraction of sp³-hybridized carbons (Fsp3) is 0.429. The Bertz CT molecular complexity index is 1040. The van der Waals surface area contributed by atoms with Gasteiger partial charge in [-0.05, 0) is 50.1 Å². The highest BCUT2D eigenvalue weighted by Gasteiger charge is 2.26. The summed E-state index contributed by atoms with van der Waals surface area (Å²) in [7, 11) is -3.66. The Morgan fingerprint density at radius 1 is 1.00 bits per heavy atom. The lowest BCUT2D eigenvalue weighted by Gasteiger charge is -2.34. The molecule has 1 aliphatic heterocycles. The van der Waals surface area contributed by atoms with E-state index in [4.69, 9.17) is 0 Å². The lowest BCUT2D eigenvalue weighted by molar-refractivity contribution is -0.132. The van der Waals surface area contributed by atoms with Crippen molar-refractivity contribution in [2.75, 3.05) is 32.7 Å². The Hall–Kier alpha value is -2.23. The molecule has 0 saturated carbocycles. The number of nitrogens with zero attached hydrogens (tertiary/aromatic N) is 2. The second kappa shape index (κ2) is 9.28. The number of aryl methyl sites for hydroxylation is 3. The highest BCUT2D eigenvalue weighted by atomic mass is 32.2. The molecule has 2 aromatic rings. The van der Waals surface area contributed by atoms with Crippen LogP contribution in [-0.4, -0.2) is 62.8 Å². The summed E-state index contributed by atoms with van der Waals surface area (Å²) in [5.41, 5.74) is 1.53. The highest BCUT2D eigenvalue weighted by Crippen LogP contribution is 2.19. The molecule has 0 spiro atoms. The Morgan fingerprint density at radius 3 is 2.30 bits per heavy atom. The zero-order valence-electron chi connectivity index (χ0n) is 17.5. The zero-order valence-corrected chi connectivity index (χ0v) is 19.1. The second-order valence-corrected chi connectivity index (χ2v) is 10.5. The van der Waals surface area contributed by atoms with E-state index in [1.807, 2.05) is 32.0 Å². The number of carbonyl (C=O) groups excluding carboxylic acids is 2. The molecule has 3 rings (SSSR count). The van der Waals surface area contributed by atoms with Gasteiger partial charge in [-0.1, -0.05) is 12.1 Å². The first-order valence-corrected chi connectivity index (χ1v) is 12.2. The number of carbonyl (C=O) groups is 2. The van der Waals surface area contributed by atoms with Crippen LogP contribution in [0.1, 0.15) is 32.1 Å². The number of nitrogens with one attached hydrogen (secondary N) is 1. The molecule has 30 heavy (non-hydrogen) atoms. The standard InChI is InChI=1S/C21H27N3O4S2/c1-15-4-5-16(2)19(14-15)30(27,28)22-9-8-20(25)23-10-12-24(13-11-23)21(26)18-7-6-17(3)29-18/h4-7,14,22H,8-13H2,1-3H3. The van der Waals surface area contributed by atoms with Crippen LogP contribution in [0.15, 0.2) is 35.2 Å². The van der Waals surface area contributed by atoms with Crippen LogP contribution in [0.5, 0.6) is 0 Å². The number of amides is 2. The lowest BCUT2D eigenvalue weighted by atomic mass is 10.2. The molecule has 0 radical (unpaired) electrons. The minimum Gasteiger partial charge on any atom is -0.339 e. The summed E-state index contributed by atoms with van der Waals surface area (Å²) in [5.74, 6) is -0.112. The monoisotopic (exact) mass is 449 g/mol. The number of sulfonamides is 1. The maximum atomic E-state index is 12.5. The van der Waals surface area contributed by atoms with Gasteiger partial charge in [-0.2, -0.15) is 0 Å². The highest BCUT2D eigenvalue weighted by molar-refractivity contribution is 7.89. The van der Waals surface area contributed by atoms with E-state index >= 15 is 0 Å². The molecule has 1 N–H and O–H groups in total. The summed E-state index contributed by atoms with van der Waals surface area (Å²) >= 11 is 1.47. The molecule has 7 nitrogen and oxygen atoms in total. The van der Waals surface area contributed by atoms with E-state index in [1.54, 1.807) is 28.9 Å². The van der Waals surface area contributed by atoms with Crippen LogP contribution in [0.2, 0.25) is 0 Å². The second-order valence-electron chi connectivity index (χ2n) is 7.50. The summed E-state index contributed by atoms with van der Waals surface area (Å²) < 4.78 is 27.6. The summed E-state index contributed by atoms with van der Waals surface area (Å²) in [6.45, 7) is 7.47. The number of benzene rings is 1. The molecule has 162 valence electrons. The van der Waals surface area contributed by atoms with Gasteiger partial charge in [0, 0.05) is 44.0 Å². The number of hydrogen-bond donors (Lipinski definition) is 1. The minimum absolute atomic E-state index is 0.00137. The third kappa shape index (κ3) is 5.27. The number of rotatable bonds is 6. The molecule has 1 aromatic heterocycles. The number of piperazine rings is 1. The average molecular weight is 450 g/mol. The Balaban J connectivity index is 1.48. The first-order valence-electron chi connectivity index (χ1n) is 9.88. The van der Waals surface area contributed by atoms with Crippen LogP contribution in [0.25, 0.3) is 0 Å². The van der Waals surface area contributed by atoms with E-state index in [2.05, 4.69) is 4.72 Å². The molecule has 0 bridgehead atoms. The molecule has 0 aliphatic carbocycles. The van der Waals surface area contributed by atoms with Gasteiger partial charge in [-0.25, -0.2) is 13.1 Å². The van der Waals surface area contributed by atoms with Gasteiger partial charge in [-0.15, -0.1) is 11.3 Å². The summed E-state index contributed by atoms with van der Waals surface area (Å²) in [4.78, 5) is 30.5. The van der Waals surface area contributed by atoms with E-state index in [-0.39, 0.29) is 29.7 Å². The van der Waals surface area contributed by atoms with E-state index in [1.165, 1.54) is 11.3 Å². The van der Waals surface area contributed by atoms with Crippen molar-refractivity contribution in [1.29, 1.82) is 0 Å². The lowest BCUT2D eigenvalue weighted by Crippen LogP contribution is -2.50. The Morgan fingerprint density at radius 2 is 1.67 bits per heavy atom. The van der Waals surface area contributed by atoms with Crippen LogP contribution in [0.3, 0.4) is 0 Å². The van der Waals surface area contributed by atoms with Crippen molar-refractivity contribution >= 4 is 33.2 Å². The predicted octanol–water partition coefficient (Wildman–Crippen LogP) is 2.33. The molecule has 9 heteroatoms. The topological polar surface area (TPSA) is 86.8 Å². The summed E-state index contributed by atoms with van der Waals surface area (Å²) in [6.07, 6.45) is 0.0855. The van der Waals surface area contributed by atoms with Gasteiger partial charge in [0.15, 0.2) is 0 Å². The smallest absolute Gasteiger partial charge is 0.264 e. The van der Waals surface area contributed by atoms with E-state index in [0.29, 0.717) is 36.6 Å². The summed E-state index contributed by atoms with van der Waals surface area (Å²) in [5, 5.41) is 0.